The number of hydroxylamine groups is 1. The van der Waals surface area contributed by atoms with Crippen molar-refractivity contribution in [3.8, 4) is 5.69 Å². The molecule has 3 rings (SSSR count). The fraction of sp³-hybridized carbons (Fsp3) is 0.400. The van der Waals surface area contributed by atoms with Crippen LogP contribution >= 0.6 is 0 Å². The van der Waals surface area contributed by atoms with Gasteiger partial charge in [0.2, 0.25) is 0 Å². The molecule has 0 saturated carbocycles. The number of hydrogen-bond donors (Lipinski definition) is 0. The lowest BCUT2D eigenvalue weighted by Gasteiger charge is -2.31. The number of ether oxygens (including phenoxy) is 1. The van der Waals surface area contributed by atoms with Crippen molar-refractivity contribution < 1.29 is 19.3 Å². The summed E-state index contributed by atoms with van der Waals surface area (Å²) in [6.45, 7) is 10.6. The van der Waals surface area contributed by atoms with Crippen LogP contribution in [0, 0.1) is 10.1 Å². The maximum atomic E-state index is 13.0. The van der Waals surface area contributed by atoms with Crippen molar-refractivity contribution in [3.05, 3.63) is 47.0 Å². The Labute approximate surface area is 178 Å². The van der Waals surface area contributed by atoms with E-state index in [9.17, 15) is 14.9 Å². The number of anilines is 1. The van der Waals surface area contributed by atoms with Crippen LogP contribution in [-0.2, 0) is 9.57 Å². The van der Waals surface area contributed by atoms with Gasteiger partial charge in [-0.25, -0.2) is 19.7 Å². The number of carbonyl (C=O) groups excluding carboxylic acids is 1. The lowest BCUT2D eigenvalue weighted by atomic mass is 10.2. The van der Waals surface area contributed by atoms with E-state index in [-0.39, 0.29) is 11.5 Å². The summed E-state index contributed by atoms with van der Waals surface area (Å²) < 4.78 is 7.13. The van der Waals surface area contributed by atoms with Crippen molar-refractivity contribution >= 4 is 28.8 Å². The molecule has 11 nitrogen and oxygen atoms in total. The van der Waals surface area contributed by atoms with Crippen LogP contribution in [0.1, 0.15) is 41.5 Å². The van der Waals surface area contributed by atoms with Gasteiger partial charge in [-0.2, -0.15) is 0 Å². The second kappa shape index (κ2) is 7.91. The maximum absolute atomic E-state index is 13.0. The van der Waals surface area contributed by atoms with Crippen LogP contribution in [0.2, 0.25) is 0 Å². The van der Waals surface area contributed by atoms with E-state index in [2.05, 4.69) is 15.0 Å². The summed E-state index contributed by atoms with van der Waals surface area (Å²) in [6.07, 6.45) is 2.02. The molecule has 0 radical (unpaired) electrons. The fourth-order valence-electron chi connectivity index (χ4n) is 2.66. The number of carbonyl (C=O) groups is 1. The van der Waals surface area contributed by atoms with Crippen LogP contribution in [0.15, 0.2) is 36.9 Å². The number of non-ortho nitro benzene ring substituents is 1. The third kappa shape index (κ3) is 5.12. The lowest BCUT2D eigenvalue weighted by Crippen LogP contribution is -2.42. The monoisotopic (exact) mass is 428 g/mol. The number of benzene rings is 1. The minimum Gasteiger partial charge on any atom is -0.442 e. The van der Waals surface area contributed by atoms with Crippen LogP contribution < -0.4 is 5.06 Å². The molecule has 2 aromatic heterocycles. The molecule has 1 amide bonds. The molecule has 31 heavy (non-hydrogen) atoms. The van der Waals surface area contributed by atoms with E-state index in [0.29, 0.717) is 16.9 Å². The van der Waals surface area contributed by atoms with E-state index in [0.717, 1.165) is 5.06 Å². The largest absolute Gasteiger partial charge is 0.442 e. The number of nitrogens with zero attached hydrogens (tertiary/aromatic N) is 6. The van der Waals surface area contributed by atoms with Crippen molar-refractivity contribution in [1.82, 2.24) is 19.5 Å². The van der Waals surface area contributed by atoms with Crippen molar-refractivity contribution in [2.24, 2.45) is 0 Å². The van der Waals surface area contributed by atoms with E-state index in [1.165, 1.54) is 24.8 Å². The van der Waals surface area contributed by atoms with Gasteiger partial charge in [0.25, 0.3) is 5.69 Å². The average Bonchev–Trinajstić information content (AvgIpc) is 3.08. The number of aromatic nitrogens is 4. The second-order valence-corrected chi connectivity index (χ2v) is 8.74. The van der Waals surface area contributed by atoms with Crippen molar-refractivity contribution in [3.63, 3.8) is 0 Å². The molecule has 0 aliphatic rings. The number of nitro groups is 1. The summed E-state index contributed by atoms with van der Waals surface area (Å²) in [7, 11) is 0. The molecule has 0 bridgehead atoms. The molecular formula is C20H24N6O5. The lowest BCUT2D eigenvalue weighted by molar-refractivity contribution is -0.384. The fourth-order valence-corrected chi connectivity index (χ4v) is 2.66. The minimum atomic E-state index is -0.763. The van der Waals surface area contributed by atoms with E-state index in [1.54, 1.807) is 58.2 Å². The van der Waals surface area contributed by atoms with Crippen molar-refractivity contribution in [1.29, 1.82) is 0 Å². The molecule has 0 unspecified atom stereocenters. The van der Waals surface area contributed by atoms with Gasteiger partial charge >= 0.3 is 6.09 Å². The van der Waals surface area contributed by atoms with Crippen LogP contribution in [0.25, 0.3) is 16.9 Å². The molecule has 11 heteroatoms. The van der Waals surface area contributed by atoms with Gasteiger partial charge in [0, 0.05) is 17.8 Å². The highest BCUT2D eigenvalue weighted by Gasteiger charge is 2.32. The minimum absolute atomic E-state index is 0.0453. The molecule has 0 aliphatic carbocycles. The van der Waals surface area contributed by atoms with E-state index in [4.69, 9.17) is 9.57 Å². The predicted octanol–water partition coefficient (Wildman–Crippen LogP) is 4.20. The second-order valence-electron chi connectivity index (χ2n) is 8.74. The first-order valence-electron chi connectivity index (χ1n) is 9.51. The maximum Gasteiger partial charge on any atom is 0.440 e. The normalized spacial score (nSPS) is 12.1. The Balaban J connectivity index is 2.15. The molecule has 3 aromatic rings. The van der Waals surface area contributed by atoms with Crippen LogP contribution in [0.4, 0.5) is 16.3 Å². The summed E-state index contributed by atoms with van der Waals surface area (Å²) in [4.78, 5) is 42.1. The number of rotatable bonds is 4. The Morgan fingerprint density at radius 3 is 2.23 bits per heavy atom. The summed E-state index contributed by atoms with van der Waals surface area (Å²) in [5, 5.41) is 12.0. The van der Waals surface area contributed by atoms with E-state index in [1.807, 2.05) is 0 Å². The van der Waals surface area contributed by atoms with Crippen molar-refractivity contribution in [2.45, 2.75) is 52.7 Å². The SMILES string of the molecule is CC(C)(C)OC(=O)N(OC(C)(C)C)c1ncnc2ncn(-c3ccc([N+](=O)[O-])cc3)c12. The van der Waals surface area contributed by atoms with E-state index >= 15 is 0 Å². The summed E-state index contributed by atoms with van der Waals surface area (Å²) in [6, 6.07) is 5.89. The standard InChI is InChI=1S/C20H24N6O5/c1-19(2,3)30-18(27)25(31-20(4,5)6)17-15-16(21-11-22-17)23-12-24(15)13-7-9-14(10-8-13)26(28)29/h7-12H,1-6H3. The smallest absolute Gasteiger partial charge is 0.440 e. The first-order valence-corrected chi connectivity index (χ1v) is 9.51. The average molecular weight is 428 g/mol. The number of amides is 1. The molecule has 0 atom stereocenters. The third-order valence-electron chi connectivity index (χ3n) is 3.78. The predicted molar refractivity (Wildman–Crippen MR) is 113 cm³/mol. The molecule has 0 saturated heterocycles. The summed E-state index contributed by atoms with van der Waals surface area (Å²) >= 11 is 0. The zero-order chi connectivity index (χ0) is 23.0. The molecule has 1 aromatic carbocycles. The quantitative estimate of drug-likeness (QED) is 0.447. The Morgan fingerprint density at radius 2 is 1.68 bits per heavy atom. The topological polar surface area (TPSA) is 126 Å². The summed E-state index contributed by atoms with van der Waals surface area (Å²) in [5.74, 6) is 0.130. The van der Waals surface area contributed by atoms with Gasteiger partial charge in [-0.05, 0) is 53.7 Å². The first kappa shape index (κ1) is 22.1. The van der Waals surface area contributed by atoms with Crippen LogP contribution in [0.3, 0.4) is 0 Å². The molecule has 0 fully saturated rings. The molecule has 0 aliphatic heterocycles. The van der Waals surface area contributed by atoms with Gasteiger partial charge in [-0.1, -0.05) is 0 Å². The van der Waals surface area contributed by atoms with Gasteiger partial charge in [0.1, 0.15) is 23.8 Å². The van der Waals surface area contributed by atoms with E-state index < -0.39 is 22.2 Å². The summed E-state index contributed by atoms with van der Waals surface area (Å²) in [5.41, 5.74) is -0.283. The van der Waals surface area contributed by atoms with Crippen molar-refractivity contribution in [2.75, 3.05) is 5.06 Å². The van der Waals surface area contributed by atoms with Crippen LogP contribution in [-0.4, -0.2) is 41.7 Å². The highest BCUT2D eigenvalue weighted by molar-refractivity contribution is 5.94. The zero-order valence-corrected chi connectivity index (χ0v) is 18.2. The number of nitro benzene ring substituents is 1. The molecule has 2 heterocycles. The van der Waals surface area contributed by atoms with Gasteiger partial charge in [0.05, 0.1) is 10.5 Å². The Hall–Kier alpha value is -3.60. The molecule has 164 valence electrons. The highest BCUT2D eigenvalue weighted by atomic mass is 16.7. The number of imidazole rings is 1. The zero-order valence-electron chi connectivity index (χ0n) is 18.2. The molecular weight excluding hydrogens is 404 g/mol. The third-order valence-corrected chi connectivity index (χ3v) is 3.78. The highest BCUT2D eigenvalue weighted by Crippen LogP contribution is 2.29. The molecule has 0 spiro atoms. The number of hydrogen-bond acceptors (Lipinski definition) is 8. The Bertz CT molecular complexity index is 1110. The van der Waals surface area contributed by atoms with Crippen LogP contribution in [0.5, 0.6) is 0 Å². The van der Waals surface area contributed by atoms with Gasteiger partial charge < -0.3 is 4.74 Å². The van der Waals surface area contributed by atoms with Gasteiger partial charge in [0.15, 0.2) is 11.5 Å². The van der Waals surface area contributed by atoms with Gasteiger partial charge in [-0.15, -0.1) is 5.06 Å². The molecule has 0 N–H and O–H groups in total. The Morgan fingerprint density at radius 1 is 1.03 bits per heavy atom. The Kier molecular flexibility index (Phi) is 5.64. The first-order chi connectivity index (χ1) is 14.4. The van der Waals surface area contributed by atoms with Gasteiger partial charge in [-0.3, -0.25) is 19.5 Å². The number of fused-ring (bicyclic) bond motifs is 1.